The Balaban J connectivity index is 1.29. The molecule has 6 heteroatoms. The van der Waals surface area contributed by atoms with E-state index in [4.69, 9.17) is 4.74 Å². The summed E-state index contributed by atoms with van der Waals surface area (Å²) in [7, 11) is 0. The van der Waals surface area contributed by atoms with Crippen LogP contribution in [-0.4, -0.2) is 36.3 Å². The minimum absolute atomic E-state index is 0.0457. The molecular formula is C23H23F2NO3. The van der Waals surface area contributed by atoms with E-state index in [9.17, 15) is 18.4 Å². The first-order valence-corrected chi connectivity index (χ1v) is 10.0. The highest BCUT2D eigenvalue weighted by atomic mass is 19.1. The number of carbonyl (C=O) groups is 2. The van der Waals surface area contributed by atoms with Gasteiger partial charge in [-0.05, 0) is 73.6 Å². The van der Waals surface area contributed by atoms with Crippen molar-refractivity contribution >= 4 is 11.7 Å². The predicted octanol–water partition coefficient (Wildman–Crippen LogP) is 3.95. The molecule has 1 heterocycles. The van der Waals surface area contributed by atoms with Crippen molar-refractivity contribution in [3.63, 3.8) is 0 Å². The summed E-state index contributed by atoms with van der Waals surface area (Å²) in [5.74, 6) is -1.58. The van der Waals surface area contributed by atoms with Crippen LogP contribution in [0.1, 0.15) is 40.7 Å². The summed E-state index contributed by atoms with van der Waals surface area (Å²) in [5, 5.41) is 0. The van der Waals surface area contributed by atoms with Crippen molar-refractivity contribution in [1.82, 2.24) is 4.90 Å². The van der Waals surface area contributed by atoms with Gasteiger partial charge in [0.25, 0.3) is 5.91 Å². The Kier molecular flexibility index (Phi) is 5.60. The third-order valence-corrected chi connectivity index (χ3v) is 5.84. The molecule has 29 heavy (non-hydrogen) atoms. The van der Waals surface area contributed by atoms with E-state index in [0.717, 1.165) is 37.5 Å². The number of benzene rings is 2. The first-order chi connectivity index (χ1) is 14.0. The Bertz CT molecular complexity index is 936. The minimum Gasteiger partial charge on any atom is -0.484 e. The summed E-state index contributed by atoms with van der Waals surface area (Å²) in [6.45, 7) is 0.759. The monoisotopic (exact) mass is 399 g/mol. The van der Waals surface area contributed by atoms with Crippen LogP contribution in [0.4, 0.5) is 8.78 Å². The quantitative estimate of drug-likeness (QED) is 0.715. The number of hydrogen-bond donors (Lipinski definition) is 0. The van der Waals surface area contributed by atoms with Gasteiger partial charge in [0.15, 0.2) is 12.4 Å². The zero-order valence-corrected chi connectivity index (χ0v) is 16.1. The molecule has 4 nitrogen and oxygen atoms in total. The maximum atomic E-state index is 13.9. The average Bonchev–Trinajstić information content (AvgIpc) is 3.21. The summed E-state index contributed by atoms with van der Waals surface area (Å²) in [5.41, 5.74) is 2.43. The lowest BCUT2D eigenvalue weighted by Crippen LogP contribution is -2.42. The lowest BCUT2D eigenvalue weighted by Gasteiger charge is -2.31. The molecule has 0 bridgehead atoms. The summed E-state index contributed by atoms with van der Waals surface area (Å²) < 4.78 is 32.9. The number of fused-ring (bicyclic) bond motifs is 1. The van der Waals surface area contributed by atoms with Crippen LogP contribution in [0.3, 0.4) is 0 Å². The standard InChI is InChI=1S/C23H23F2NO3/c24-18-5-7-21(25)20(13-18)23(28)16-8-10-26(11-9-16)22(27)14-29-19-6-4-15-2-1-3-17(15)12-19/h4-7,12-13,16H,1-3,8-11,14H2. The van der Waals surface area contributed by atoms with Crippen molar-refractivity contribution < 1.29 is 23.1 Å². The van der Waals surface area contributed by atoms with E-state index in [1.54, 1.807) is 4.90 Å². The van der Waals surface area contributed by atoms with Crippen molar-refractivity contribution in [3.8, 4) is 5.75 Å². The van der Waals surface area contributed by atoms with E-state index in [1.807, 2.05) is 12.1 Å². The highest BCUT2D eigenvalue weighted by molar-refractivity contribution is 5.98. The number of Topliss-reactive ketones (excluding diaryl/α,β-unsaturated/α-hetero) is 1. The molecule has 1 saturated heterocycles. The van der Waals surface area contributed by atoms with Crippen molar-refractivity contribution in [1.29, 1.82) is 0 Å². The van der Waals surface area contributed by atoms with Crippen LogP contribution in [0.2, 0.25) is 0 Å². The van der Waals surface area contributed by atoms with Gasteiger partial charge < -0.3 is 9.64 Å². The van der Waals surface area contributed by atoms with Gasteiger partial charge in [0.1, 0.15) is 17.4 Å². The smallest absolute Gasteiger partial charge is 0.260 e. The number of aryl methyl sites for hydroxylation is 2. The van der Waals surface area contributed by atoms with Crippen LogP contribution in [0.15, 0.2) is 36.4 Å². The Labute approximate surface area is 168 Å². The molecule has 0 unspecified atom stereocenters. The van der Waals surface area contributed by atoms with Gasteiger partial charge in [-0.1, -0.05) is 6.07 Å². The molecule has 0 saturated carbocycles. The molecule has 1 aliphatic carbocycles. The molecule has 2 aromatic rings. The summed E-state index contributed by atoms with van der Waals surface area (Å²) in [6, 6.07) is 8.88. The zero-order chi connectivity index (χ0) is 20.4. The predicted molar refractivity (Wildman–Crippen MR) is 104 cm³/mol. The fraction of sp³-hybridized carbons (Fsp3) is 0.391. The van der Waals surface area contributed by atoms with Crippen LogP contribution < -0.4 is 4.74 Å². The van der Waals surface area contributed by atoms with Gasteiger partial charge in [-0.15, -0.1) is 0 Å². The second-order valence-electron chi connectivity index (χ2n) is 7.72. The van der Waals surface area contributed by atoms with Crippen LogP contribution in [0.5, 0.6) is 5.75 Å². The number of likely N-dealkylation sites (tertiary alicyclic amines) is 1. The van der Waals surface area contributed by atoms with E-state index < -0.39 is 23.3 Å². The van der Waals surface area contributed by atoms with Gasteiger partial charge in [-0.3, -0.25) is 9.59 Å². The summed E-state index contributed by atoms with van der Waals surface area (Å²) >= 11 is 0. The topological polar surface area (TPSA) is 46.6 Å². The van der Waals surface area contributed by atoms with Crippen LogP contribution in [0.25, 0.3) is 0 Å². The number of amides is 1. The molecule has 4 rings (SSSR count). The first kappa shape index (κ1) is 19.6. The third kappa shape index (κ3) is 4.31. The molecule has 1 fully saturated rings. The van der Waals surface area contributed by atoms with Crippen LogP contribution in [-0.2, 0) is 17.6 Å². The van der Waals surface area contributed by atoms with E-state index in [1.165, 1.54) is 11.1 Å². The lowest BCUT2D eigenvalue weighted by molar-refractivity contribution is -0.134. The molecule has 0 radical (unpaired) electrons. The minimum atomic E-state index is -0.711. The fourth-order valence-corrected chi connectivity index (χ4v) is 4.17. The van der Waals surface area contributed by atoms with Crippen molar-refractivity contribution in [2.75, 3.05) is 19.7 Å². The number of carbonyl (C=O) groups excluding carboxylic acids is 2. The second-order valence-corrected chi connectivity index (χ2v) is 7.72. The lowest BCUT2D eigenvalue weighted by atomic mass is 9.88. The van der Waals surface area contributed by atoms with Crippen molar-refractivity contribution in [3.05, 3.63) is 64.7 Å². The second kappa shape index (κ2) is 8.31. The highest BCUT2D eigenvalue weighted by Gasteiger charge is 2.29. The fourth-order valence-electron chi connectivity index (χ4n) is 4.17. The molecule has 2 aromatic carbocycles. The van der Waals surface area contributed by atoms with E-state index in [-0.39, 0.29) is 18.1 Å². The van der Waals surface area contributed by atoms with E-state index in [0.29, 0.717) is 31.7 Å². The highest BCUT2D eigenvalue weighted by Crippen LogP contribution is 2.27. The molecule has 1 aliphatic heterocycles. The number of halogens is 2. The van der Waals surface area contributed by atoms with E-state index in [2.05, 4.69) is 6.07 Å². The Morgan fingerprint density at radius 1 is 1.00 bits per heavy atom. The molecule has 0 N–H and O–H groups in total. The summed E-state index contributed by atoms with van der Waals surface area (Å²) in [4.78, 5) is 26.6. The Morgan fingerprint density at radius 2 is 1.76 bits per heavy atom. The summed E-state index contributed by atoms with van der Waals surface area (Å²) in [6.07, 6.45) is 4.17. The van der Waals surface area contributed by atoms with E-state index >= 15 is 0 Å². The molecule has 152 valence electrons. The molecule has 2 aliphatic rings. The zero-order valence-electron chi connectivity index (χ0n) is 16.1. The Hall–Kier alpha value is -2.76. The SMILES string of the molecule is O=C(c1cc(F)ccc1F)C1CCN(C(=O)COc2ccc3c(c2)CCC3)CC1. The number of piperidine rings is 1. The molecular weight excluding hydrogens is 376 g/mol. The largest absolute Gasteiger partial charge is 0.484 e. The van der Waals surface area contributed by atoms with Gasteiger partial charge in [0, 0.05) is 19.0 Å². The van der Waals surface area contributed by atoms with Crippen molar-refractivity contribution in [2.24, 2.45) is 5.92 Å². The van der Waals surface area contributed by atoms with Crippen LogP contribution in [0, 0.1) is 17.6 Å². The third-order valence-electron chi connectivity index (χ3n) is 5.84. The molecule has 0 aromatic heterocycles. The molecule has 1 amide bonds. The Morgan fingerprint density at radius 3 is 2.55 bits per heavy atom. The molecule has 0 spiro atoms. The molecule has 0 atom stereocenters. The first-order valence-electron chi connectivity index (χ1n) is 10.0. The maximum Gasteiger partial charge on any atom is 0.260 e. The number of hydrogen-bond acceptors (Lipinski definition) is 3. The van der Waals surface area contributed by atoms with Gasteiger partial charge in [0.05, 0.1) is 5.56 Å². The van der Waals surface area contributed by atoms with Gasteiger partial charge in [-0.2, -0.15) is 0 Å². The normalized spacial score (nSPS) is 16.6. The average molecular weight is 399 g/mol. The van der Waals surface area contributed by atoms with Crippen molar-refractivity contribution in [2.45, 2.75) is 32.1 Å². The number of nitrogens with zero attached hydrogens (tertiary/aromatic N) is 1. The maximum absolute atomic E-state index is 13.9. The number of ether oxygens (including phenoxy) is 1. The number of ketones is 1. The van der Waals surface area contributed by atoms with Gasteiger partial charge in [-0.25, -0.2) is 8.78 Å². The van der Waals surface area contributed by atoms with Crippen LogP contribution >= 0.6 is 0 Å². The van der Waals surface area contributed by atoms with Gasteiger partial charge in [0.2, 0.25) is 0 Å². The van der Waals surface area contributed by atoms with Gasteiger partial charge >= 0.3 is 0 Å². The number of rotatable bonds is 5.